The molecule has 0 aliphatic heterocycles. The topological polar surface area (TPSA) is 71.8 Å². The van der Waals surface area contributed by atoms with Gasteiger partial charge in [-0.3, -0.25) is 0 Å². The van der Waals surface area contributed by atoms with E-state index in [-0.39, 0.29) is 12.3 Å². The third-order valence-corrected chi connectivity index (χ3v) is 3.23. The Labute approximate surface area is 114 Å². The molecule has 98 valence electrons. The molecule has 6 heteroatoms. The van der Waals surface area contributed by atoms with Gasteiger partial charge in [-0.05, 0) is 6.92 Å². The molecule has 0 spiro atoms. The fraction of sp³-hybridized carbons (Fsp3) is 0.154. The molecule has 0 atom stereocenters. The Morgan fingerprint density at radius 1 is 1.42 bits per heavy atom. The zero-order chi connectivity index (χ0) is 13.7. The van der Waals surface area contributed by atoms with Crippen molar-refractivity contribution in [1.29, 1.82) is 0 Å². The average Bonchev–Trinajstić information content (AvgIpc) is 2.90. The smallest absolute Gasteiger partial charge is 0.362 e. The van der Waals surface area contributed by atoms with Gasteiger partial charge in [-0.1, -0.05) is 35.5 Å². The van der Waals surface area contributed by atoms with Crippen molar-refractivity contribution in [3.63, 3.8) is 0 Å². The highest BCUT2D eigenvalue weighted by Crippen LogP contribution is 2.23. The number of oxime groups is 1. The van der Waals surface area contributed by atoms with Crippen LogP contribution in [0.5, 0.6) is 0 Å². The van der Waals surface area contributed by atoms with E-state index in [4.69, 9.17) is 9.94 Å². The summed E-state index contributed by atoms with van der Waals surface area (Å²) in [4.78, 5) is 15.9. The van der Waals surface area contributed by atoms with Gasteiger partial charge in [-0.2, -0.15) is 0 Å². The number of hydrogen-bond acceptors (Lipinski definition) is 6. The van der Waals surface area contributed by atoms with Crippen LogP contribution in [0.3, 0.4) is 0 Å². The molecule has 1 heterocycles. The Morgan fingerprint density at radius 2 is 2.16 bits per heavy atom. The Hall–Kier alpha value is -2.21. The molecule has 0 aliphatic carbocycles. The van der Waals surface area contributed by atoms with Crippen LogP contribution in [0, 0.1) is 0 Å². The Kier molecular flexibility index (Phi) is 4.25. The van der Waals surface area contributed by atoms with E-state index in [1.165, 1.54) is 11.3 Å². The first-order valence-corrected chi connectivity index (χ1v) is 6.54. The Balaban J connectivity index is 2.28. The molecular formula is C13H12N2O3S. The molecule has 2 rings (SSSR count). The number of thiazole rings is 1. The summed E-state index contributed by atoms with van der Waals surface area (Å²) in [6.07, 6.45) is 0. The van der Waals surface area contributed by atoms with Crippen molar-refractivity contribution in [2.24, 2.45) is 5.16 Å². The summed E-state index contributed by atoms with van der Waals surface area (Å²) < 4.78 is 4.80. The van der Waals surface area contributed by atoms with Crippen molar-refractivity contribution in [1.82, 2.24) is 4.98 Å². The third kappa shape index (κ3) is 2.97. The van der Waals surface area contributed by atoms with Gasteiger partial charge in [0.25, 0.3) is 0 Å². The number of esters is 1. The number of hydrogen-bond donors (Lipinski definition) is 1. The van der Waals surface area contributed by atoms with Crippen molar-refractivity contribution in [3.8, 4) is 10.6 Å². The Morgan fingerprint density at radius 3 is 2.79 bits per heavy atom. The van der Waals surface area contributed by atoms with E-state index in [0.717, 1.165) is 10.6 Å². The predicted octanol–water partition coefficient (Wildman–Crippen LogP) is 2.55. The first-order chi connectivity index (χ1) is 9.26. The maximum absolute atomic E-state index is 11.6. The number of ether oxygens (including phenoxy) is 1. The maximum atomic E-state index is 11.6. The van der Waals surface area contributed by atoms with Crippen molar-refractivity contribution >= 4 is 23.0 Å². The van der Waals surface area contributed by atoms with Crippen LogP contribution in [0.25, 0.3) is 10.6 Å². The molecule has 0 unspecified atom stereocenters. The van der Waals surface area contributed by atoms with E-state index < -0.39 is 5.97 Å². The number of aromatic nitrogens is 1. The van der Waals surface area contributed by atoms with Gasteiger partial charge in [0.2, 0.25) is 5.71 Å². The molecule has 2 aromatic rings. The lowest BCUT2D eigenvalue weighted by Crippen LogP contribution is -2.19. The standard InChI is InChI=1S/C13H12N2O3S/c1-2-18-13(16)11(15-17)10-8-19-12(14-10)9-6-4-3-5-7-9/h3-8,17H,2H2,1H3/b15-11-. The van der Waals surface area contributed by atoms with Crippen LogP contribution in [0.1, 0.15) is 12.6 Å². The highest BCUT2D eigenvalue weighted by atomic mass is 32.1. The molecule has 1 aromatic carbocycles. The van der Waals surface area contributed by atoms with Gasteiger partial charge >= 0.3 is 5.97 Å². The summed E-state index contributed by atoms with van der Waals surface area (Å²) in [5.74, 6) is -0.685. The SMILES string of the molecule is CCOC(=O)/C(=N\O)c1csc(-c2ccccc2)n1. The summed E-state index contributed by atoms with van der Waals surface area (Å²) in [5.41, 5.74) is 1.07. The first kappa shape index (κ1) is 13.2. The van der Waals surface area contributed by atoms with E-state index in [9.17, 15) is 4.79 Å². The van der Waals surface area contributed by atoms with Crippen LogP contribution in [0.2, 0.25) is 0 Å². The van der Waals surface area contributed by atoms with Crippen LogP contribution in [-0.4, -0.2) is 28.5 Å². The van der Waals surface area contributed by atoms with Crippen LogP contribution in [0.4, 0.5) is 0 Å². The lowest BCUT2D eigenvalue weighted by atomic mass is 10.2. The minimum atomic E-state index is -0.685. The lowest BCUT2D eigenvalue weighted by molar-refractivity contribution is -0.135. The van der Waals surface area contributed by atoms with Crippen molar-refractivity contribution in [3.05, 3.63) is 41.4 Å². The molecule has 19 heavy (non-hydrogen) atoms. The van der Waals surface area contributed by atoms with Crippen molar-refractivity contribution in [2.75, 3.05) is 6.61 Å². The van der Waals surface area contributed by atoms with Gasteiger partial charge < -0.3 is 9.94 Å². The summed E-state index contributed by atoms with van der Waals surface area (Å²) in [6.45, 7) is 1.90. The van der Waals surface area contributed by atoms with E-state index in [1.807, 2.05) is 30.3 Å². The fourth-order valence-electron chi connectivity index (χ4n) is 1.49. The molecule has 1 N–H and O–H groups in total. The molecular weight excluding hydrogens is 264 g/mol. The largest absolute Gasteiger partial charge is 0.461 e. The van der Waals surface area contributed by atoms with Gasteiger partial charge in [-0.25, -0.2) is 9.78 Å². The minimum Gasteiger partial charge on any atom is -0.461 e. The second kappa shape index (κ2) is 6.10. The number of nitrogens with zero attached hydrogens (tertiary/aromatic N) is 2. The molecule has 5 nitrogen and oxygen atoms in total. The van der Waals surface area contributed by atoms with Gasteiger partial charge in [-0.15, -0.1) is 11.3 Å². The third-order valence-electron chi connectivity index (χ3n) is 2.34. The highest BCUT2D eigenvalue weighted by molar-refractivity contribution is 7.13. The van der Waals surface area contributed by atoms with Crippen molar-refractivity contribution < 1.29 is 14.7 Å². The monoisotopic (exact) mass is 276 g/mol. The van der Waals surface area contributed by atoms with Gasteiger partial charge in [0.1, 0.15) is 10.7 Å². The van der Waals surface area contributed by atoms with Crippen LogP contribution < -0.4 is 0 Å². The fourth-order valence-corrected chi connectivity index (χ4v) is 2.30. The number of carbonyl (C=O) groups excluding carboxylic acids is 1. The molecule has 0 aliphatic rings. The van der Waals surface area contributed by atoms with Crippen molar-refractivity contribution in [2.45, 2.75) is 6.92 Å². The molecule has 0 saturated carbocycles. The van der Waals surface area contributed by atoms with Gasteiger partial charge in [0.05, 0.1) is 6.61 Å². The summed E-state index contributed by atoms with van der Waals surface area (Å²) >= 11 is 1.37. The lowest BCUT2D eigenvalue weighted by Gasteiger charge is -2.00. The normalized spacial score (nSPS) is 11.3. The van der Waals surface area contributed by atoms with E-state index in [0.29, 0.717) is 5.69 Å². The van der Waals surface area contributed by atoms with Crippen LogP contribution in [0.15, 0.2) is 40.9 Å². The van der Waals surface area contributed by atoms with Gasteiger partial charge in [0, 0.05) is 10.9 Å². The number of carbonyl (C=O) groups is 1. The van der Waals surface area contributed by atoms with E-state index >= 15 is 0 Å². The molecule has 0 bridgehead atoms. The second-order valence-electron chi connectivity index (χ2n) is 3.57. The van der Waals surface area contributed by atoms with E-state index in [2.05, 4.69) is 10.1 Å². The second-order valence-corrected chi connectivity index (χ2v) is 4.43. The zero-order valence-corrected chi connectivity index (χ0v) is 11.1. The molecule has 0 saturated heterocycles. The minimum absolute atomic E-state index is 0.180. The van der Waals surface area contributed by atoms with Crippen LogP contribution in [-0.2, 0) is 9.53 Å². The quantitative estimate of drug-likeness (QED) is 0.403. The zero-order valence-electron chi connectivity index (χ0n) is 10.2. The molecule has 0 amide bonds. The summed E-state index contributed by atoms with van der Waals surface area (Å²) in [5, 5.41) is 14.3. The molecule has 0 radical (unpaired) electrons. The average molecular weight is 276 g/mol. The number of rotatable bonds is 4. The van der Waals surface area contributed by atoms with E-state index in [1.54, 1.807) is 12.3 Å². The maximum Gasteiger partial charge on any atom is 0.362 e. The van der Waals surface area contributed by atoms with Gasteiger partial charge in [0.15, 0.2) is 0 Å². The number of benzene rings is 1. The molecule has 1 aromatic heterocycles. The highest BCUT2D eigenvalue weighted by Gasteiger charge is 2.19. The van der Waals surface area contributed by atoms with Crippen LogP contribution >= 0.6 is 11.3 Å². The predicted molar refractivity (Wildman–Crippen MR) is 72.5 cm³/mol. The Bertz CT molecular complexity index is 593. The molecule has 0 fully saturated rings. The summed E-state index contributed by atoms with van der Waals surface area (Å²) in [7, 11) is 0. The summed E-state index contributed by atoms with van der Waals surface area (Å²) in [6, 6.07) is 9.56. The first-order valence-electron chi connectivity index (χ1n) is 5.66.